The van der Waals surface area contributed by atoms with Crippen LogP contribution in [0.1, 0.15) is 50.5 Å². The molecule has 4 nitrogen and oxygen atoms in total. The van der Waals surface area contributed by atoms with Crippen molar-refractivity contribution < 1.29 is 0 Å². The monoisotopic (exact) mass is 280 g/mol. The summed E-state index contributed by atoms with van der Waals surface area (Å²) in [6.45, 7) is 2.98. The smallest absolute Gasteiger partial charge is 0.165 e. The normalized spacial score (nSPS) is 22.6. The topological polar surface area (TPSA) is 67.6 Å². The van der Waals surface area contributed by atoms with Crippen molar-refractivity contribution in [2.24, 2.45) is 11.7 Å². The maximum absolute atomic E-state index is 9.24. The molecule has 5 heteroatoms. The van der Waals surface area contributed by atoms with Crippen LogP contribution in [0.25, 0.3) is 0 Å². The number of hydrogen-bond acceptors (Lipinski definition) is 3. The summed E-state index contributed by atoms with van der Waals surface area (Å²) in [4.78, 5) is 4.35. The maximum Gasteiger partial charge on any atom is 0.165 e. The molecule has 1 saturated carbocycles. The molecule has 1 fully saturated rings. The third kappa shape index (κ3) is 3.29. The van der Waals surface area contributed by atoms with Gasteiger partial charge in [-0.1, -0.05) is 24.9 Å². The van der Waals surface area contributed by atoms with Gasteiger partial charge in [0, 0.05) is 19.0 Å². The molecule has 2 atom stereocenters. The minimum absolute atomic E-state index is 0.314. The second-order valence-electron chi connectivity index (χ2n) is 5.43. The number of rotatable bonds is 5. The van der Waals surface area contributed by atoms with Gasteiger partial charge in [-0.05, 0) is 31.6 Å². The second kappa shape index (κ2) is 6.40. The highest BCUT2D eigenvalue weighted by Crippen LogP contribution is 2.28. The molecule has 1 aliphatic carbocycles. The molecule has 0 aromatic carbocycles. The molecule has 2 N–H and O–H groups in total. The Morgan fingerprint density at radius 2 is 2.32 bits per heavy atom. The van der Waals surface area contributed by atoms with Gasteiger partial charge in [-0.3, -0.25) is 0 Å². The van der Waals surface area contributed by atoms with E-state index in [-0.39, 0.29) is 0 Å². The minimum atomic E-state index is 0.314. The van der Waals surface area contributed by atoms with Gasteiger partial charge in [0.15, 0.2) is 10.8 Å². The lowest BCUT2D eigenvalue weighted by Crippen LogP contribution is -2.17. The molecule has 0 saturated heterocycles. The van der Waals surface area contributed by atoms with Gasteiger partial charge < -0.3 is 10.3 Å². The van der Waals surface area contributed by atoms with Crippen LogP contribution in [0.15, 0.2) is 0 Å². The van der Waals surface area contributed by atoms with Crippen LogP contribution in [-0.2, 0) is 13.0 Å². The summed E-state index contributed by atoms with van der Waals surface area (Å²) in [6.07, 6.45) is 6.32. The van der Waals surface area contributed by atoms with Crippen LogP contribution in [0.5, 0.6) is 0 Å². The fourth-order valence-electron chi connectivity index (χ4n) is 2.83. The molecule has 1 aromatic rings. The molecule has 1 aliphatic rings. The van der Waals surface area contributed by atoms with Crippen LogP contribution < -0.4 is 5.73 Å². The number of aromatic nitrogens is 2. The van der Waals surface area contributed by atoms with Crippen molar-refractivity contribution in [2.45, 2.75) is 58.0 Å². The number of halogens is 1. The van der Waals surface area contributed by atoms with E-state index in [9.17, 15) is 5.26 Å². The maximum atomic E-state index is 9.24. The molecule has 0 amide bonds. The second-order valence-corrected chi connectivity index (χ2v) is 5.79. The van der Waals surface area contributed by atoms with Crippen LogP contribution in [-0.4, -0.2) is 15.6 Å². The Morgan fingerprint density at radius 3 is 2.89 bits per heavy atom. The summed E-state index contributed by atoms with van der Waals surface area (Å²) in [6, 6.07) is 2.50. The summed E-state index contributed by atoms with van der Waals surface area (Å²) in [5, 5.41) is 9.59. The number of unbranched alkanes of at least 4 members (excludes halogenated alkanes) is 1. The number of imidazole rings is 1. The molecular formula is C14H21ClN4. The van der Waals surface area contributed by atoms with Crippen molar-refractivity contribution in [2.75, 3.05) is 0 Å². The lowest BCUT2D eigenvalue weighted by Gasteiger charge is -2.14. The number of aryl methyl sites for hydroxylation is 1. The highest BCUT2D eigenvalue weighted by molar-refractivity contribution is 6.30. The fourth-order valence-corrected chi connectivity index (χ4v) is 3.08. The number of nitriles is 1. The third-order valence-corrected chi connectivity index (χ3v) is 4.15. The highest BCUT2D eigenvalue weighted by Gasteiger charge is 2.25. The summed E-state index contributed by atoms with van der Waals surface area (Å²) in [5.41, 5.74) is 6.46. The molecule has 0 radical (unpaired) electrons. The largest absolute Gasteiger partial charge is 0.328 e. The zero-order valence-electron chi connectivity index (χ0n) is 11.4. The van der Waals surface area contributed by atoms with Crippen LogP contribution in [0, 0.1) is 17.2 Å². The average Bonchev–Trinajstić information content (AvgIpc) is 2.91. The summed E-state index contributed by atoms with van der Waals surface area (Å²) >= 11 is 6.06. The number of nitrogens with two attached hydrogens (primary N) is 1. The van der Waals surface area contributed by atoms with E-state index in [0.717, 1.165) is 50.9 Å². The molecular weight excluding hydrogens is 260 g/mol. The van der Waals surface area contributed by atoms with E-state index in [2.05, 4.69) is 18.0 Å². The first-order valence-corrected chi connectivity index (χ1v) is 7.44. The lowest BCUT2D eigenvalue weighted by molar-refractivity contribution is 0.438. The third-order valence-electron chi connectivity index (χ3n) is 3.89. The Labute approximate surface area is 119 Å². The van der Waals surface area contributed by atoms with E-state index in [1.165, 1.54) is 0 Å². The number of hydrogen-bond donors (Lipinski definition) is 1. The molecule has 1 heterocycles. The molecule has 1 aromatic heterocycles. The van der Waals surface area contributed by atoms with Gasteiger partial charge in [0.25, 0.3) is 0 Å². The fraction of sp³-hybridized carbons (Fsp3) is 0.714. The Balaban J connectivity index is 2.18. The van der Waals surface area contributed by atoms with E-state index in [0.29, 0.717) is 22.8 Å². The Hall–Kier alpha value is -1.05. The van der Waals surface area contributed by atoms with Crippen molar-refractivity contribution >= 4 is 11.6 Å². The Kier molecular flexibility index (Phi) is 4.84. The lowest BCUT2D eigenvalue weighted by atomic mass is 10.1. The van der Waals surface area contributed by atoms with Crippen molar-refractivity contribution in [3.8, 4) is 6.07 Å². The van der Waals surface area contributed by atoms with Crippen LogP contribution in [0.2, 0.25) is 5.15 Å². The van der Waals surface area contributed by atoms with Crippen molar-refractivity contribution in [1.29, 1.82) is 5.26 Å². The molecule has 0 spiro atoms. The molecule has 0 bridgehead atoms. The van der Waals surface area contributed by atoms with Gasteiger partial charge in [-0.15, -0.1) is 0 Å². The van der Waals surface area contributed by atoms with E-state index in [1.807, 2.05) is 4.57 Å². The summed E-state index contributed by atoms with van der Waals surface area (Å²) in [7, 11) is 0. The predicted octanol–water partition coefficient (Wildman–Crippen LogP) is 2.88. The quantitative estimate of drug-likeness (QED) is 0.902. The van der Waals surface area contributed by atoms with Crippen LogP contribution in [0.4, 0.5) is 0 Å². The van der Waals surface area contributed by atoms with Gasteiger partial charge in [0.1, 0.15) is 11.9 Å². The van der Waals surface area contributed by atoms with E-state index < -0.39 is 0 Å². The van der Waals surface area contributed by atoms with Crippen molar-refractivity contribution in [3.63, 3.8) is 0 Å². The first-order chi connectivity index (χ1) is 9.15. The minimum Gasteiger partial charge on any atom is -0.328 e. The standard InChI is InChI=1S/C14H21ClN4/c1-2-3-4-13-18-14(15)12(8-16)19(13)9-10-5-6-11(17)7-10/h10-11H,2-7,9,17H2,1H3. The Morgan fingerprint density at radius 1 is 1.53 bits per heavy atom. The van der Waals surface area contributed by atoms with Gasteiger partial charge in [-0.2, -0.15) is 5.26 Å². The molecule has 104 valence electrons. The Bertz CT molecular complexity index is 475. The first kappa shape index (κ1) is 14.4. The average molecular weight is 281 g/mol. The zero-order chi connectivity index (χ0) is 13.8. The molecule has 2 unspecified atom stereocenters. The zero-order valence-corrected chi connectivity index (χ0v) is 12.2. The van der Waals surface area contributed by atoms with Gasteiger partial charge >= 0.3 is 0 Å². The van der Waals surface area contributed by atoms with Crippen molar-refractivity contribution in [3.05, 3.63) is 16.7 Å². The van der Waals surface area contributed by atoms with E-state index >= 15 is 0 Å². The van der Waals surface area contributed by atoms with Gasteiger partial charge in [0.05, 0.1) is 0 Å². The van der Waals surface area contributed by atoms with Crippen molar-refractivity contribution in [1.82, 2.24) is 9.55 Å². The van der Waals surface area contributed by atoms with Crippen LogP contribution >= 0.6 is 11.6 Å². The predicted molar refractivity (Wildman–Crippen MR) is 75.9 cm³/mol. The molecule has 0 aliphatic heterocycles. The van der Waals surface area contributed by atoms with Gasteiger partial charge in [-0.25, -0.2) is 4.98 Å². The van der Waals surface area contributed by atoms with E-state index in [1.54, 1.807) is 0 Å². The first-order valence-electron chi connectivity index (χ1n) is 7.06. The van der Waals surface area contributed by atoms with E-state index in [4.69, 9.17) is 17.3 Å². The number of nitrogens with zero attached hydrogens (tertiary/aromatic N) is 3. The SMILES string of the molecule is CCCCc1nc(Cl)c(C#N)n1CC1CCC(N)C1. The summed E-state index contributed by atoms with van der Waals surface area (Å²) in [5.74, 6) is 1.50. The van der Waals surface area contributed by atoms with Gasteiger partial charge in [0.2, 0.25) is 0 Å². The molecule has 19 heavy (non-hydrogen) atoms. The molecule has 2 rings (SSSR count). The highest BCUT2D eigenvalue weighted by atomic mass is 35.5. The van der Waals surface area contributed by atoms with Crippen LogP contribution in [0.3, 0.4) is 0 Å². The summed E-state index contributed by atoms with van der Waals surface area (Å²) < 4.78 is 2.01.